The number of nitrogens with zero attached hydrogens (tertiary/aromatic N) is 1. The van der Waals surface area contributed by atoms with Crippen LogP contribution in [-0.2, 0) is 9.36 Å². The molecule has 1 atom stereocenters. The van der Waals surface area contributed by atoms with Gasteiger partial charge in [-0.15, -0.1) is 0 Å². The Morgan fingerprint density at radius 3 is 2.44 bits per heavy atom. The number of urea groups is 1. The van der Waals surface area contributed by atoms with Crippen LogP contribution in [0.2, 0.25) is 5.02 Å². The molecule has 0 saturated carbocycles. The minimum atomic E-state index is -2.78. The fourth-order valence-corrected chi connectivity index (χ4v) is 5.47. The van der Waals surface area contributed by atoms with Gasteiger partial charge in [-0.3, -0.25) is 4.79 Å². The van der Waals surface area contributed by atoms with Crippen molar-refractivity contribution in [3.8, 4) is 11.1 Å². The molecule has 1 heterocycles. The van der Waals surface area contributed by atoms with Gasteiger partial charge in [0.1, 0.15) is 19.0 Å². The van der Waals surface area contributed by atoms with Crippen LogP contribution in [0.4, 0.5) is 29.3 Å². The van der Waals surface area contributed by atoms with E-state index in [1.54, 1.807) is 37.6 Å². The number of anilines is 2. The van der Waals surface area contributed by atoms with Crippen molar-refractivity contribution in [3.63, 3.8) is 0 Å². The highest BCUT2D eigenvalue weighted by Crippen LogP contribution is 2.40. The first-order valence-corrected chi connectivity index (χ1v) is 13.9. The summed E-state index contributed by atoms with van der Waals surface area (Å²) in [5.74, 6) is -3.79. The molecule has 36 heavy (non-hydrogen) atoms. The number of nitrogens with one attached hydrogen (secondary N) is 2. The van der Waals surface area contributed by atoms with E-state index in [1.165, 1.54) is 24.3 Å². The standard InChI is InChI=1S/C25H22ClF3N3O3P/c1-36(2,35)21-6-4-3-5-15(21)16-8-10-20(23(29)22(16)28)32-12-11-19(24(32)33)31-25(34)30-18-9-7-14(26)13-17(18)27/h3-10,13,19H,11-12H2,1-2H3,(H2,30,31,34). The van der Waals surface area contributed by atoms with Crippen LogP contribution in [0.25, 0.3) is 11.1 Å². The summed E-state index contributed by atoms with van der Waals surface area (Å²) in [6, 6.07) is 11.0. The first kappa shape index (κ1) is 25.8. The first-order chi connectivity index (χ1) is 17.0. The number of rotatable bonds is 5. The molecule has 3 aromatic carbocycles. The summed E-state index contributed by atoms with van der Waals surface area (Å²) in [7, 11) is -2.78. The summed E-state index contributed by atoms with van der Waals surface area (Å²) < 4.78 is 56.9. The monoisotopic (exact) mass is 535 g/mol. The van der Waals surface area contributed by atoms with Crippen LogP contribution < -0.4 is 20.8 Å². The van der Waals surface area contributed by atoms with Gasteiger partial charge in [0.2, 0.25) is 5.91 Å². The molecular weight excluding hydrogens is 514 g/mol. The number of carbonyl (C=O) groups is 2. The fourth-order valence-electron chi connectivity index (χ4n) is 4.09. The first-order valence-electron chi connectivity index (χ1n) is 10.9. The van der Waals surface area contributed by atoms with E-state index in [0.717, 1.165) is 11.0 Å². The highest BCUT2D eigenvalue weighted by atomic mass is 35.5. The average Bonchev–Trinajstić information content (AvgIpc) is 3.16. The topological polar surface area (TPSA) is 78.5 Å². The lowest BCUT2D eigenvalue weighted by Gasteiger charge is -2.20. The second-order valence-electron chi connectivity index (χ2n) is 8.68. The highest BCUT2D eigenvalue weighted by Gasteiger charge is 2.36. The summed E-state index contributed by atoms with van der Waals surface area (Å²) in [6.07, 6.45) is 0.135. The molecule has 2 N–H and O–H groups in total. The lowest BCUT2D eigenvalue weighted by atomic mass is 10.0. The molecule has 1 aliphatic heterocycles. The second kappa shape index (κ2) is 9.99. The molecule has 1 aliphatic rings. The van der Waals surface area contributed by atoms with E-state index in [0.29, 0.717) is 10.9 Å². The smallest absolute Gasteiger partial charge is 0.319 e. The molecule has 0 aromatic heterocycles. The Balaban J connectivity index is 1.53. The van der Waals surface area contributed by atoms with Crippen LogP contribution in [-0.4, -0.2) is 37.9 Å². The van der Waals surface area contributed by atoms with Crippen molar-refractivity contribution in [3.05, 3.63) is 77.1 Å². The van der Waals surface area contributed by atoms with Gasteiger partial charge in [-0.2, -0.15) is 0 Å². The van der Waals surface area contributed by atoms with Crippen LogP contribution >= 0.6 is 18.7 Å². The largest absolute Gasteiger partial charge is 0.326 e. The number of hydrogen-bond donors (Lipinski definition) is 2. The maximum atomic E-state index is 15.2. The molecular formula is C25H22ClF3N3O3P. The zero-order valence-corrected chi connectivity index (χ0v) is 21.0. The van der Waals surface area contributed by atoms with Gasteiger partial charge in [0.15, 0.2) is 11.6 Å². The van der Waals surface area contributed by atoms with Gasteiger partial charge in [-0.25, -0.2) is 18.0 Å². The zero-order valence-electron chi connectivity index (χ0n) is 19.3. The summed E-state index contributed by atoms with van der Waals surface area (Å²) in [6.45, 7) is 3.12. The Morgan fingerprint density at radius 2 is 1.75 bits per heavy atom. The van der Waals surface area contributed by atoms with Crippen LogP contribution in [0.15, 0.2) is 54.6 Å². The maximum absolute atomic E-state index is 15.2. The molecule has 1 saturated heterocycles. The Kier molecular flexibility index (Phi) is 7.16. The van der Waals surface area contributed by atoms with Crippen molar-refractivity contribution in [2.45, 2.75) is 12.5 Å². The maximum Gasteiger partial charge on any atom is 0.319 e. The molecule has 3 amide bonds. The second-order valence-corrected chi connectivity index (χ2v) is 12.3. The quantitative estimate of drug-likeness (QED) is 0.418. The van der Waals surface area contributed by atoms with Gasteiger partial charge in [-0.1, -0.05) is 35.9 Å². The van der Waals surface area contributed by atoms with E-state index in [-0.39, 0.29) is 34.9 Å². The molecule has 0 radical (unpaired) electrons. The van der Waals surface area contributed by atoms with Gasteiger partial charge in [0.05, 0.1) is 11.4 Å². The Labute approximate surface area is 210 Å². The molecule has 4 rings (SSSR count). The Hall–Kier alpha value is -3.29. The Bertz CT molecular complexity index is 1410. The van der Waals surface area contributed by atoms with Gasteiger partial charge in [-0.05, 0) is 55.6 Å². The summed E-state index contributed by atoms with van der Waals surface area (Å²) in [5.41, 5.74) is -0.163. The van der Waals surface area contributed by atoms with Gasteiger partial charge in [0, 0.05) is 22.4 Å². The fraction of sp³-hybridized carbons (Fsp3) is 0.200. The predicted molar refractivity (Wildman–Crippen MR) is 135 cm³/mol. The molecule has 0 spiro atoms. The Morgan fingerprint density at radius 1 is 1.03 bits per heavy atom. The molecule has 0 bridgehead atoms. The van der Waals surface area contributed by atoms with Crippen molar-refractivity contribution in [1.82, 2.24) is 5.32 Å². The van der Waals surface area contributed by atoms with E-state index < -0.39 is 42.6 Å². The highest BCUT2D eigenvalue weighted by molar-refractivity contribution is 7.70. The number of amides is 3. The van der Waals surface area contributed by atoms with Gasteiger partial charge >= 0.3 is 6.03 Å². The van der Waals surface area contributed by atoms with Crippen molar-refractivity contribution >= 4 is 47.4 Å². The number of benzene rings is 3. The molecule has 188 valence electrons. The third-order valence-electron chi connectivity index (χ3n) is 5.82. The molecule has 3 aromatic rings. The van der Waals surface area contributed by atoms with Crippen molar-refractivity contribution in [1.29, 1.82) is 0 Å². The van der Waals surface area contributed by atoms with E-state index in [1.807, 2.05) is 0 Å². The van der Waals surface area contributed by atoms with Crippen molar-refractivity contribution in [2.24, 2.45) is 0 Å². The van der Waals surface area contributed by atoms with Gasteiger partial charge in [0.25, 0.3) is 0 Å². The van der Waals surface area contributed by atoms with Crippen LogP contribution in [0.5, 0.6) is 0 Å². The normalized spacial score (nSPS) is 15.8. The molecule has 11 heteroatoms. The lowest BCUT2D eigenvalue weighted by molar-refractivity contribution is -0.118. The molecule has 6 nitrogen and oxygen atoms in total. The minimum Gasteiger partial charge on any atom is -0.326 e. The van der Waals surface area contributed by atoms with Crippen LogP contribution in [0.1, 0.15) is 6.42 Å². The molecule has 0 aliphatic carbocycles. The van der Waals surface area contributed by atoms with E-state index in [2.05, 4.69) is 10.6 Å². The van der Waals surface area contributed by atoms with Crippen molar-refractivity contribution in [2.75, 3.05) is 30.1 Å². The molecule has 1 fully saturated rings. The minimum absolute atomic E-state index is 0.0322. The zero-order chi connectivity index (χ0) is 26.2. The van der Waals surface area contributed by atoms with Crippen molar-refractivity contribution < 1.29 is 27.3 Å². The van der Waals surface area contributed by atoms with E-state index in [4.69, 9.17) is 11.6 Å². The summed E-state index contributed by atoms with van der Waals surface area (Å²) in [4.78, 5) is 26.2. The molecule has 1 unspecified atom stereocenters. The third kappa shape index (κ3) is 5.13. The predicted octanol–water partition coefficient (Wildman–Crippen LogP) is 5.60. The van der Waals surface area contributed by atoms with E-state index >= 15 is 8.78 Å². The van der Waals surface area contributed by atoms with E-state index in [9.17, 15) is 18.5 Å². The summed E-state index contributed by atoms with van der Waals surface area (Å²) >= 11 is 5.69. The van der Waals surface area contributed by atoms with Gasteiger partial charge < -0.3 is 20.1 Å². The summed E-state index contributed by atoms with van der Waals surface area (Å²) in [5, 5.41) is 5.29. The number of halogens is 4. The number of carbonyl (C=O) groups excluding carboxylic acids is 2. The third-order valence-corrected chi connectivity index (χ3v) is 7.60. The van der Waals surface area contributed by atoms with Crippen LogP contribution in [0.3, 0.4) is 0 Å². The lowest BCUT2D eigenvalue weighted by Crippen LogP contribution is -2.43. The van der Waals surface area contributed by atoms with Crippen LogP contribution in [0, 0.1) is 17.5 Å². The number of hydrogen-bond acceptors (Lipinski definition) is 3. The SMILES string of the molecule is CP(C)(=O)c1ccccc1-c1ccc(N2CCC(NC(=O)Nc3ccc(Cl)cc3F)C2=O)c(F)c1F. The average molecular weight is 536 g/mol.